The predicted molar refractivity (Wildman–Crippen MR) is 128 cm³/mol. The first-order valence-corrected chi connectivity index (χ1v) is 12.2. The highest BCUT2D eigenvalue weighted by molar-refractivity contribution is 7.86. The molecular weight excluding hydrogens is 480 g/mol. The van der Waals surface area contributed by atoms with Gasteiger partial charge >= 0.3 is 0 Å². The lowest BCUT2D eigenvalue weighted by Crippen LogP contribution is -2.27. The summed E-state index contributed by atoms with van der Waals surface area (Å²) in [7, 11) is -4.90. The van der Waals surface area contributed by atoms with Gasteiger partial charge in [-0.1, -0.05) is 54.6 Å². The Balaban J connectivity index is 1.90. The van der Waals surface area contributed by atoms with Gasteiger partial charge in [0.15, 0.2) is 11.6 Å². The van der Waals surface area contributed by atoms with Crippen LogP contribution in [-0.4, -0.2) is 42.9 Å². The Hall–Kier alpha value is -3.53. The van der Waals surface area contributed by atoms with E-state index in [9.17, 15) is 27.4 Å². The highest BCUT2D eigenvalue weighted by Gasteiger charge is 2.37. The molecule has 0 aromatic heterocycles. The van der Waals surface area contributed by atoms with Crippen LogP contribution in [0.3, 0.4) is 0 Å². The van der Waals surface area contributed by atoms with E-state index in [1.54, 1.807) is 12.1 Å². The molecule has 174 valence electrons. The molecule has 4 rings (SSSR count). The van der Waals surface area contributed by atoms with Gasteiger partial charge in [0.1, 0.15) is 10.8 Å². The monoisotopic (exact) mass is 498 g/mol. The van der Waals surface area contributed by atoms with E-state index in [2.05, 4.69) is 10.6 Å². The SMILES string of the molecule is O=C(CCl)Nc1c(S(=O)(=O)O)cc(NCCc2ccccc2)c2c1C(=O)c1ccccc1C2=O. The molecular formula is C24H19ClN2O6S. The number of hydrogen-bond donors (Lipinski definition) is 3. The quantitative estimate of drug-likeness (QED) is 0.262. The molecule has 3 aromatic rings. The van der Waals surface area contributed by atoms with Gasteiger partial charge in [-0.05, 0) is 18.1 Å². The summed E-state index contributed by atoms with van der Waals surface area (Å²) in [4.78, 5) is 38.2. The molecule has 0 radical (unpaired) electrons. The van der Waals surface area contributed by atoms with Crippen LogP contribution in [0.1, 0.15) is 37.4 Å². The van der Waals surface area contributed by atoms with Crippen molar-refractivity contribution in [3.63, 3.8) is 0 Å². The molecule has 34 heavy (non-hydrogen) atoms. The van der Waals surface area contributed by atoms with Crippen LogP contribution in [0.5, 0.6) is 0 Å². The molecule has 10 heteroatoms. The Labute approximate surface area is 200 Å². The van der Waals surface area contributed by atoms with Crippen molar-refractivity contribution in [3.05, 3.63) is 88.5 Å². The van der Waals surface area contributed by atoms with Crippen LogP contribution in [-0.2, 0) is 21.3 Å². The standard InChI is InChI=1S/C24H19ClN2O6S/c25-13-19(28)27-22-18(34(31,32)33)12-17(26-11-10-14-6-2-1-3-7-14)20-21(22)24(30)16-9-5-4-8-15(16)23(20)29/h1-9,12,26H,10-11,13H2,(H,27,28)(H,31,32,33). The summed E-state index contributed by atoms with van der Waals surface area (Å²) >= 11 is 5.57. The number of carbonyl (C=O) groups is 3. The van der Waals surface area contributed by atoms with Gasteiger partial charge < -0.3 is 10.6 Å². The predicted octanol–water partition coefficient (Wildman–Crippen LogP) is 3.54. The number of ketones is 2. The van der Waals surface area contributed by atoms with Crippen molar-refractivity contribution in [1.29, 1.82) is 0 Å². The number of alkyl halides is 1. The molecule has 0 atom stereocenters. The van der Waals surface area contributed by atoms with E-state index in [0.29, 0.717) is 13.0 Å². The van der Waals surface area contributed by atoms with E-state index in [1.807, 2.05) is 30.3 Å². The number of hydrogen-bond acceptors (Lipinski definition) is 6. The van der Waals surface area contributed by atoms with Gasteiger partial charge in [0.05, 0.1) is 16.8 Å². The summed E-state index contributed by atoms with van der Waals surface area (Å²) in [6.45, 7) is 0.303. The molecule has 0 unspecified atom stereocenters. The first kappa shape index (κ1) is 23.6. The lowest BCUT2D eigenvalue weighted by molar-refractivity contribution is -0.113. The molecule has 0 bridgehead atoms. The minimum atomic E-state index is -4.90. The van der Waals surface area contributed by atoms with Crippen LogP contribution >= 0.6 is 11.6 Å². The summed E-state index contributed by atoms with van der Waals surface area (Å²) in [6.07, 6.45) is 0.542. The van der Waals surface area contributed by atoms with Crippen LogP contribution in [0, 0.1) is 0 Å². The normalized spacial score (nSPS) is 12.6. The van der Waals surface area contributed by atoms with Crippen molar-refractivity contribution in [1.82, 2.24) is 0 Å². The number of fused-ring (bicyclic) bond motifs is 2. The summed E-state index contributed by atoms with van der Waals surface area (Å²) in [5.74, 6) is -2.52. The Morgan fingerprint density at radius 3 is 2.09 bits per heavy atom. The van der Waals surface area contributed by atoms with Crippen molar-refractivity contribution >= 4 is 50.6 Å². The maximum atomic E-state index is 13.4. The largest absolute Gasteiger partial charge is 0.384 e. The molecule has 0 saturated carbocycles. The zero-order valence-corrected chi connectivity index (χ0v) is 19.2. The second-order valence-corrected chi connectivity index (χ2v) is 9.23. The van der Waals surface area contributed by atoms with E-state index in [0.717, 1.165) is 11.6 Å². The molecule has 0 heterocycles. The Kier molecular flexibility index (Phi) is 6.52. The van der Waals surface area contributed by atoms with Crippen molar-refractivity contribution < 1.29 is 27.4 Å². The number of carbonyl (C=O) groups excluding carboxylic acids is 3. The van der Waals surface area contributed by atoms with Gasteiger partial charge in [-0.3, -0.25) is 18.9 Å². The molecule has 0 aliphatic heterocycles. The van der Waals surface area contributed by atoms with Crippen molar-refractivity contribution in [2.24, 2.45) is 0 Å². The molecule has 1 aliphatic carbocycles. The van der Waals surface area contributed by atoms with Gasteiger partial charge in [0.2, 0.25) is 5.91 Å². The number of halogens is 1. The minimum absolute atomic E-state index is 0.0512. The fraction of sp³-hybridized carbons (Fsp3) is 0.125. The maximum absolute atomic E-state index is 13.4. The number of rotatable bonds is 7. The average molecular weight is 499 g/mol. The molecule has 0 saturated heterocycles. The lowest BCUT2D eigenvalue weighted by atomic mass is 9.82. The number of benzene rings is 3. The second kappa shape index (κ2) is 9.38. The van der Waals surface area contributed by atoms with E-state index in [-0.39, 0.29) is 27.9 Å². The molecule has 1 aliphatic rings. The number of amides is 1. The molecule has 0 spiro atoms. The van der Waals surface area contributed by atoms with Crippen LogP contribution in [0.25, 0.3) is 0 Å². The van der Waals surface area contributed by atoms with Gasteiger partial charge in [0, 0.05) is 23.4 Å². The summed E-state index contributed by atoms with van der Waals surface area (Å²) in [6, 6.07) is 16.6. The van der Waals surface area contributed by atoms with Crippen LogP contribution < -0.4 is 10.6 Å². The highest BCUT2D eigenvalue weighted by atomic mass is 35.5. The van der Waals surface area contributed by atoms with Gasteiger partial charge in [-0.2, -0.15) is 8.42 Å². The van der Waals surface area contributed by atoms with Gasteiger partial charge in [0.25, 0.3) is 10.1 Å². The van der Waals surface area contributed by atoms with E-state index >= 15 is 0 Å². The third kappa shape index (κ3) is 4.45. The van der Waals surface area contributed by atoms with Crippen LogP contribution in [0.4, 0.5) is 11.4 Å². The van der Waals surface area contributed by atoms with Gasteiger partial charge in [-0.25, -0.2) is 0 Å². The van der Waals surface area contributed by atoms with Crippen molar-refractivity contribution in [2.75, 3.05) is 23.1 Å². The average Bonchev–Trinajstić information content (AvgIpc) is 2.82. The van der Waals surface area contributed by atoms with Crippen LogP contribution in [0.2, 0.25) is 0 Å². The first-order valence-electron chi connectivity index (χ1n) is 10.2. The third-order valence-corrected chi connectivity index (χ3v) is 6.52. The third-order valence-electron chi connectivity index (χ3n) is 5.40. The number of anilines is 2. The molecule has 3 aromatic carbocycles. The molecule has 8 nitrogen and oxygen atoms in total. The smallest absolute Gasteiger partial charge is 0.296 e. The fourth-order valence-corrected chi connectivity index (χ4v) is 4.64. The van der Waals surface area contributed by atoms with Crippen molar-refractivity contribution in [3.8, 4) is 0 Å². The topological polar surface area (TPSA) is 130 Å². The zero-order valence-electron chi connectivity index (χ0n) is 17.7. The molecule has 3 N–H and O–H groups in total. The van der Waals surface area contributed by atoms with E-state index in [4.69, 9.17) is 11.6 Å². The summed E-state index contributed by atoms with van der Waals surface area (Å²) < 4.78 is 34.4. The Bertz CT molecular complexity index is 1420. The van der Waals surface area contributed by atoms with Gasteiger partial charge in [-0.15, -0.1) is 11.6 Å². The molecule has 1 amide bonds. The highest BCUT2D eigenvalue weighted by Crippen LogP contribution is 2.40. The molecule has 0 fully saturated rings. The summed E-state index contributed by atoms with van der Waals surface area (Å²) in [5.41, 5.74) is 0.371. The fourth-order valence-electron chi connectivity index (χ4n) is 3.90. The Morgan fingerprint density at radius 2 is 1.50 bits per heavy atom. The van der Waals surface area contributed by atoms with Crippen molar-refractivity contribution in [2.45, 2.75) is 11.3 Å². The Morgan fingerprint density at radius 1 is 0.912 bits per heavy atom. The maximum Gasteiger partial charge on any atom is 0.296 e. The number of nitrogens with one attached hydrogen (secondary N) is 2. The van der Waals surface area contributed by atoms with Crippen LogP contribution in [0.15, 0.2) is 65.6 Å². The minimum Gasteiger partial charge on any atom is -0.384 e. The zero-order chi connectivity index (χ0) is 24.5. The first-order chi connectivity index (χ1) is 16.2. The lowest BCUT2D eigenvalue weighted by Gasteiger charge is -2.25. The van der Waals surface area contributed by atoms with E-state index < -0.39 is 44.1 Å². The van der Waals surface area contributed by atoms with E-state index in [1.165, 1.54) is 12.1 Å². The summed E-state index contributed by atoms with van der Waals surface area (Å²) in [5, 5.41) is 5.30. The second-order valence-electron chi connectivity index (χ2n) is 7.57.